The Morgan fingerprint density at radius 2 is 1.67 bits per heavy atom. The van der Waals surface area contributed by atoms with E-state index in [0.29, 0.717) is 11.4 Å². The summed E-state index contributed by atoms with van der Waals surface area (Å²) in [5.41, 5.74) is 2.14. The molecule has 0 aliphatic rings. The van der Waals surface area contributed by atoms with Crippen LogP contribution in [0, 0.1) is 6.92 Å². The second-order valence-corrected chi connectivity index (χ2v) is 8.39. The molecule has 0 aliphatic heterocycles. The number of sulfonamides is 1. The normalized spacial score (nSPS) is 12.9. The predicted octanol–water partition coefficient (Wildman–Crippen LogP) is 4.17. The number of thiophene rings is 1. The van der Waals surface area contributed by atoms with E-state index in [2.05, 4.69) is 4.72 Å². The number of hydrogen-bond donors (Lipinski definition) is 1. The fourth-order valence-electron chi connectivity index (χ4n) is 2.55. The minimum atomic E-state index is -3.52. The highest BCUT2D eigenvalue weighted by atomic mass is 32.2. The summed E-state index contributed by atoms with van der Waals surface area (Å²) in [6.45, 7) is 2.27. The zero-order valence-corrected chi connectivity index (χ0v) is 15.0. The van der Waals surface area contributed by atoms with E-state index in [1.165, 1.54) is 0 Å². The van der Waals surface area contributed by atoms with E-state index in [9.17, 15) is 8.42 Å². The lowest BCUT2D eigenvalue weighted by molar-refractivity contribution is 0.578. The molecule has 124 valence electrons. The molecule has 24 heavy (non-hydrogen) atoms. The average molecular weight is 358 g/mol. The van der Waals surface area contributed by atoms with Crippen molar-refractivity contribution in [3.8, 4) is 0 Å². The molecule has 0 fully saturated rings. The molecule has 3 aromatic rings. The van der Waals surface area contributed by atoms with Crippen LogP contribution in [0.5, 0.6) is 0 Å². The Labute approximate surface area is 147 Å². The molecule has 1 aromatic heterocycles. The largest absolute Gasteiger partial charge is 0.240 e. The summed E-state index contributed by atoms with van der Waals surface area (Å²) in [4.78, 5) is 1.44. The van der Waals surface area contributed by atoms with Crippen LogP contribution in [0.4, 0.5) is 0 Å². The van der Waals surface area contributed by atoms with Crippen LogP contribution in [0.3, 0.4) is 0 Å². The minimum absolute atomic E-state index is 0.00595. The van der Waals surface area contributed by atoms with Gasteiger partial charge < -0.3 is 0 Å². The highest BCUT2D eigenvalue weighted by molar-refractivity contribution is 7.89. The van der Waals surface area contributed by atoms with Gasteiger partial charge in [-0.3, -0.25) is 0 Å². The van der Waals surface area contributed by atoms with Crippen molar-refractivity contribution in [1.29, 1.82) is 0 Å². The Kier molecular flexibility index (Phi) is 5.14. The summed E-state index contributed by atoms with van der Waals surface area (Å²) in [6.07, 6.45) is 0. The van der Waals surface area contributed by atoms with Crippen molar-refractivity contribution in [2.24, 2.45) is 0 Å². The van der Waals surface area contributed by atoms with Crippen molar-refractivity contribution in [1.82, 2.24) is 4.72 Å². The third kappa shape index (κ3) is 3.93. The van der Waals surface area contributed by atoms with E-state index in [4.69, 9.17) is 0 Å². The molecule has 1 N–H and O–H groups in total. The van der Waals surface area contributed by atoms with Crippen molar-refractivity contribution in [2.75, 3.05) is 6.54 Å². The van der Waals surface area contributed by atoms with Crippen molar-refractivity contribution >= 4 is 21.4 Å². The number of hydrogen-bond acceptors (Lipinski definition) is 3. The zero-order chi connectivity index (χ0) is 17.0. The molecule has 0 saturated carbocycles. The highest BCUT2D eigenvalue weighted by Crippen LogP contribution is 2.28. The van der Waals surface area contributed by atoms with E-state index in [1.807, 2.05) is 66.9 Å². The first-order valence-electron chi connectivity index (χ1n) is 7.71. The number of rotatable bonds is 6. The summed E-state index contributed by atoms with van der Waals surface area (Å²) in [6, 6.07) is 20.9. The monoisotopic (exact) mass is 357 g/mol. The fraction of sp³-hybridized carbons (Fsp3) is 0.158. The standard InChI is InChI=1S/C19H19NO2S2/c1-15-9-11-17(12-10-15)24(21,22)20-14-18(19-8-5-13-23-19)16-6-3-2-4-7-16/h2-13,18,20H,14H2,1H3. The van der Waals surface area contributed by atoms with Gasteiger partial charge >= 0.3 is 0 Å². The van der Waals surface area contributed by atoms with E-state index in [0.717, 1.165) is 16.0 Å². The first-order valence-corrected chi connectivity index (χ1v) is 10.1. The van der Waals surface area contributed by atoms with Crippen molar-refractivity contribution in [2.45, 2.75) is 17.7 Å². The lowest BCUT2D eigenvalue weighted by Crippen LogP contribution is -2.28. The van der Waals surface area contributed by atoms with Crippen molar-refractivity contribution < 1.29 is 8.42 Å². The SMILES string of the molecule is Cc1ccc(S(=O)(=O)NCC(c2ccccc2)c2cccs2)cc1. The van der Waals surface area contributed by atoms with E-state index in [1.54, 1.807) is 23.5 Å². The summed E-state index contributed by atoms with van der Waals surface area (Å²) < 4.78 is 27.8. The predicted molar refractivity (Wildman–Crippen MR) is 99.0 cm³/mol. The van der Waals surface area contributed by atoms with Crippen LogP contribution >= 0.6 is 11.3 Å². The maximum atomic E-state index is 12.5. The molecule has 1 heterocycles. The van der Waals surface area contributed by atoms with Gasteiger partial charge in [-0.25, -0.2) is 13.1 Å². The molecule has 0 spiro atoms. The van der Waals surface area contributed by atoms with Gasteiger partial charge in [-0.2, -0.15) is 0 Å². The van der Waals surface area contributed by atoms with Crippen LogP contribution in [0.1, 0.15) is 21.9 Å². The molecule has 0 saturated heterocycles. The Hall–Kier alpha value is -1.95. The summed E-state index contributed by atoms with van der Waals surface area (Å²) in [5.74, 6) is 0.00595. The van der Waals surface area contributed by atoms with Crippen LogP contribution in [-0.2, 0) is 10.0 Å². The first kappa shape index (κ1) is 16.9. The molecule has 0 radical (unpaired) electrons. The van der Waals surface area contributed by atoms with Crippen molar-refractivity contribution in [3.05, 3.63) is 88.1 Å². The Morgan fingerprint density at radius 1 is 0.958 bits per heavy atom. The van der Waals surface area contributed by atoms with Gasteiger partial charge in [0.15, 0.2) is 0 Å². The van der Waals surface area contributed by atoms with E-state index >= 15 is 0 Å². The van der Waals surface area contributed by atoms with E-state index < -0.39 is 10.0 Å². The van der Waals surface area contributed by atoms with Crippen LogP contribution in [0.15, 0.2) is 77.0 Å². The lowest BCUT2D eigenvalue weighted by atomic mass is 9.98. The summed E-state index contributed by atoms with van der Waals surface area (Å²) in [7, 11) is -3.52. The van der Waals surface area contributed by atoms with Crippen LogP contribution in [0.2, 0.25) is 0 Å². The maximum absolute atomic E-state index is 12.5. The van der Waals surface area contributed by atoms with E-state index in [-0.39, 0.29) is 5.92 Å². The summed E-state index contributed by atoms with van der Waals surface area (Å²) in [5, 5.41) is 2.01. The fourth-order valence-corrected chi connectivity index (χ4v) is 4.45. The molecule has 2 aromatic carbocycles. The molecular formula is C19H19NO2S2. The highest BCUT2D eigenvalue weighted by Gasteiger charge is 2.20. The zero-order valence-electron chi connectivity index (χ0n) is 13.3. The second kappa shape index (κ2) is 7.30. The van der Waals surface area contributed by atoms with Gasteiger partial charge in [0.25, 0.3) is 0 Å². The third-order valence-corrected chi connectivity index (χ3v) is 6.32. The van der Waals surface area contributed by atoms with Gasteiger partial charge in [0.05, 0.1) is 4.90 Å². The molecule has 0 aliphatic carbocycles. The molecular weight excluding hydrogens is 338 g/mol. The van der Waals surface area contributed by atoms with Gasteiger partial charge in [-0.1, -0.05) is 54.1 Å². The number of benzene rings is 2. The van der Waals surface area contributed by atoms with Gasteiger partial charge in [0.1, 0.15) is 0 Å². The number of nitrogens with one attached hydrogen (secondary N) is 1. The molecule has 0 bridgehead atoms. The van der Waals surface area contributed by atoms with Gasteiger partial charge in [-0.15, -0.1) is 11.3 Å². The van der Waals surface area contributed by atoms with Gasteiger partial charge in [0.2, 0.25) is 10.0 Å². The topological polar surface area (TPSA) is 46.2 Å². The Bertz CT molecular complexity index is 871. The smallest absolute Gasteiger partial charge is 0.210 e. The second-order valence-electron chi connectivity index (χ2n) is 5.64. The van der Waals surface area contributed by atoms with Gasteiger partial charge in [-0.05, 0) is 36.1 Å². The molecule has 5 heteroatoms. The minimum Gasteiger partial charge on any atom is -0.210 e. The van der Waals surface area contributed by atoms with Crippen LogP contribution in [0.25, 0.3) is 0 Å². The average Bonchev–Trinajstić information content (AvgIpc) is 3.11. The maximum Gasteiger partial charge on any atom is 0.240 e. The quantitative estimate of drug-likeness (QED) is 0.720. The first-order chi connectivity index (χ1) is 11.6. The number of aryl methyl sites for hydroxylation is 1. The third-order valence-electron chi connectivity index (χ3n) is 3.90. The van der Waals surface area contributed by atoms with Crippen LogP contribution < -0.4 is 4.72 Å². The molecule has 1 atom stereocenters. The molecule has 0 amide bonds. The van der Waals surface area contributed by atoms with Gasteiger partial charge in [0, 0.05) is 17.3 Å². The lowest BCUT2D eigenvalue weighted by Gasteiger charge is -2.17. The molecule has 1 unspecified atom stereocenters. The van der Waals surface area contributed by atoms with Crippen LogP contribution in [-0.4, -0.2) is 15.0 Å². The molecule has 3 nitrogen and oxygen atoms in total. The molecule has 3 rings (SSSR count). The Morgan fingerprint density at radius 3 is 2.29 bits per heavy atom. The Balaban J connectivity index is 1.82. The van der Waals surface area contributed by atoms with Crippen molar-refractivity contribution in [3.63, 3.8) is 0 Å². The summed E-state index contributed by atoms with van der Waals surface area (Å²) >= 11 is 1.64.